The molecule has 1 aliphatic heterocycles. The lowest BCUT2D eigenvalue weighted by atomic mass is 9.99. The molecule has 3 aromatic rings. The minimum Gasteiger partial charge on any atom is -0.477 e. The molecule has 2 aromatic carbocycles. The molecule has 0 amide bonds. The molecule has 0 atom stereocenters. The van der Waals surface area contributed by atoms with Gasteiger partial charge in [-0.1, -0.05) is 19.1 Å². The van der Waals surface area contributed by atoms with Crippen LogP contribution in [-0.2, 0) is 29.4 Å². The highest BCUT2D eigenvalue weighted by Gasteiger charge is 2.22. The summed E-state index contributed by atoms with van der Waals surface area (Å²) in [6.07, 6.45) is 1.50. The Morgan fingerprint density at radius 3 is 2.57 bits per heavy atom. The summed E-state index contributed by atoms with van der Waals surface area (Å²) in [6.45, 7) is 5.87. The van der Waals surface area contributed by atoms with Crippen LogP contribution in [0.4, 0.5) is 0 Å². The van der Waals surface area contributed by atoms with Crippen LogP contribution < -0.4 is 15.5 Å². The fourth-order valence-electron chi connectivity index (χ4n) is 3.90. The first-order chi connectivity index (χ1) is 14.3. The zero-order valence-electron chi connectivity index (χ0n) is 17.0. The summed E-state index contributed by atoms with van der Waals surface area (Å²) in [4.78, 5) is 14.2. The van der Waals surface area contributed by atoms with Crippen molar-refractivity contribution in [3.63, 3.8) is 0 Å². The molecule has 7 nitrogen and oxygen atoms in total. The van der Waals surface area contributed by atoms with Crippen LogP contribution in [0.5, 0.6) is 5.75 Å². The number of sulfonamides is 1. The van der Waals surface area contributed by atoms with Gasteiger partial charge in [0.2, 0.25) is 10.0 Å². The number of nitrogens with zero attached hydrogens (tertiary/aromatic N) is 1. The van der Waals surface area contributed by atoms with Gasteiger partial charge in [-0.05, 0) is 49.1 Å². The van der Waals surface area contributed by atoms with E-state index in [1.54, 1.807) is 18.2 Å². The van der Waals surface area contributed by atoms with E-state index in [1.165, 1.54) is 12.1 Å². The Hall–Kier alpha value is -2.68. The largest absolute Gasteiger partial charge is 0.477 e. The van der Waals surface area contributed by atoms with E-state index in [9.17, 15) is 13.2 Å². The minimum atomic E-state index is -3.68. The topological polar surface area (TPSA) is 103 Å². The maximum absolute atomic E-state index is 11.9. The van der Waals surface area contributed by atoms with Gasteiger partial charge in [-0.15, -0.1) is 0 Å². The molecule has 0 saturated carbocycles. The molecule has 0 fully saturated rings. The smallest absolute Gasteiger partial charge is 0.336 e. The molecule has 30 heavy (non-hydrogen) atoms. The first kappa shape index (κ1) is 20.6. The molecule has 2 N–H and O–H groups in total. The number of fused-ring (bicyclic) bond motifs is 2. The Bertz CT molecular complexity index is 1260. The highest BCUT2D eigenvalue weighted by molar-refractivity contribution is 7.89. The van der Waals surface area contributed by atoms with E-state index in [0.717, 1.165) is 59.3 Å². The van der Waals surface area contributed by atoms with E-state index in [1.807, 2.05) is 13.8 Å². The zero-order valence-corrected chi connectivity index (χ0v) is 17.8. The Balaban J connectivity index is 1.54. The van der Waals surface area contributed by atoms with Crippen molar-refractivity contribution in [2.75, 3.05) is 13.3 Å². The van der Waals surface area contributed by atoms with E-state index in [-0.39, 0.29) is 10.5 Å². The molecule has 8 heteroatoms. The van der Waals surface area contributed by atoms with Crippen molar-refractivity contribution in [1.29, 1.82) is 0 Å². The van der Waals surface area contributed by atoms with Gasteiger partial charge in [0.05, 0.1) is 4.90 Å². The molecule has 158 valence electrons. The summed E-state index contributed by atoms with van der Waals surface area (Å²) < 4.78 is 34.2. The van der Waals surface area contributed by atoms with Gasteiger partial charge in [0, 0.05) is 35.7 Å². The number of benzene rings is 2. The quantitative estimate of drug-likeness (QED) is 0.627. The van der Waals surface area contributed by atoms with Gasteiger partial charge in [-0.3, -0.25) is 4.90 Å². The van der Waals surface area contributed by atoms with Gasteiger partial charge in [0.25, 0.3) is 0 Å². The number of primary sulfonamides is 1. The fraction of sp³-hybridized carbons (Fsp3) is 0.318. The molecule has 2 heterocycles. The van der Waals surface area contributed by atoms with Crippen LogP contribution in [0, 0.1) is 6.92 Å². The summed E-state index contributed by atoms with van der Waals surface area (Å²) in [5.74, 6) is 0.785. The molecule has 0 unspecified atom stereocenters. The highest BCUT2D eigenvalue weighted by atomic mass is 32.2. The van der Waals surface area contributed by atoms with Gasteiger partial charge >= 0.3 is 5.63 Å². The van der Waals surface area contributed by atoms with Gasteiger partial charge in [-0.25, -0.2) is 18.4 Å². The van der Waals surface area contributed by atoms with Crippen molar-refractivity contribution in [3.05, 3.63) is 69.1 Å². The van der Waals surface area contributed by atoms with Crippen molar-refractivity contribution in [1.82, 2.24) is 4.90 Å². The Morgan fingerprint density at radius 1 is 1.17 bits per heavy atom. The summed E-state index contributed by atoms with van der Waals surface area (Å²) in [5.41, 5.74) is 4.18. The summed E-state index contributed by atoms with van der Waals surface area (Å²) in [6, 6.07) is 10.2. The van der Waals surface area contributed by atoms with Gasteiger partial charge in [0.15, 0.2) is 0 Å². The van der Waals surface area contributed by atoms with Gasteiger partial charge in [-0.2, -0.15) is 0 Å². The number of rotatable bonds is 5. The third-order valence-electron chi connectivity index (χ3n) is 5.51. The second-order valence-electron chi connectivity index (χ2n) is 7.58. The molecule has 1 aromatic heterocycles. The predicted octanol–water partition coefficient (Wildman–Crippen LogP) is 2.71. The number of ether oxygens (including phenoxy) is 1. The minimum absolute atomic E-state index is 0.113. The fourth-order valence-corrected chi connectivity index (χ4v) is 4.42. The van der Waals surface area contributed by atoms with Crippen LogP contribution in [-0.4, -0.2) is 26.6 Å². The van der Waals surface area contributed by atoms with Crippen molar-refractivity contribution in [2.45, 2.75) is 38.1 Å². The third kappa shape index (κ3) is 3.98. The van der Waals surface area contributed by atoms with Crippen LogP contribution in [0.1, 0.15) is 29.2 Å². The van der Waals surface area contributed by atoms with Gasteiger partial charge < -0.3 is 9.15 Å². The van der Waals surface area contributed by atoms with Gasteiger partial charge in [0.1, 0.15) is 18.1 Å². The lowest BCUT2D eigenvalue weighted by Gasteiger charge is -2.30. The normalized spacial score (nSPS) is 14.5. The zero-order chi connectivity index (χ0) is 21.5. The van der Waals surface area contributed by atoms with E-state index in [2.05, 4.69) is 11.0 Å². The lowest BCUT2D eigenvalue weighted by Crippen LogP contribution is -2.34. The summed E-state index contributed by atoms with van der Waals surface area (Å²) in [5, 5.41) is 6.10. The van der Waals surface area contributed by atoms with Crippen LogP contribution >= 0.6 is 0 Å². The molecule has 4 rings (SSSR count). The Morgan fingerprint density at radius 2 is 1.90 bits per heavy atom. The van der Waals surface area contributed by atoms with Crippen molar-refractivity contribution < 1.29 is 17.6 Å². The molecule has 0 radical (unpaired) electrons. The van der Waals surface area contributed by atoms with E-state index >= 15 is 0 Å². The lowest BCUT2D eigenvalue weighted by molar-refractivity contribution is 0.0959. The Kier molecular flexibility index (Phi) is 5.40. The van der Waals surface area contributed by atoms with Crippen LogP contribution in [0.2, 0.25) is 0 Å². The first-order valence-corrected chi connectivity index (χ1v) is 11.4. The number of hydrogen-bond acceptors (Lipinski definition) is 6. The predicted molar refractivity (Wildman–Crippen MR) is 114 cm³/mol. The van der Waals surface area contributed by atoms with E-state index in [0.29, 0.717) is 12.3 Å². The van der Waals surface area contributed by atoms with Crippen molar-refractivity contribution in [2.24, 2.45) is 5.14 Å². The molecule has 1 aliphatic rings. The van der Waals surface area contributed by atoms with Crippen molar-refractivity contribution >= 4 is 21.0 Å². The van der Waals surface area contributed by atoms with Crippen molar-refractivity contribution in [3.8, 4) is 5.75 Å². The number of aryl methyl sites for hydroxylation is 2. The maximum Gasteiger partial charge on any atom is 0.336 e. The Labute approximate surface area is 175 Å². The molecule has 0 aliphatic carbocycles. The third-order valence-corrected chi connectivity index (χ3v) is 6.44. The molecule has 0 saturated heterocycles. The average Bonchev–Trinajstić information content (AvgIpc) is 2.72. The monoisotopic (exact) mass is 428 g/mol. The maximum atomic E-state index is 11.9. The standard InChI is InChI=1S/C22H24N2O5S/c1-3-16-11-20(25)29-22-14(2)21-17(10-19(16)22)12-24(13-28-21)9-8-15-4-6-18(7-5-15)30(23,26)27/h4-7,10-11H,3,8-9,12-13H2,1-2H3,(H2,23,26,27). The molecular weight excluding hydrogens is 404 g/mol. The number of hydrogen-bond donors (Lipinski definition) is 1. The molecule has 0 bridgehead atoms. The van der Waals surface area contributed by atoms with Crippen LogP contribution in [0.3, 0.4) is 0 Å². The van der Waals surface area contributed by atoms with Crippen LogP contribution in [0.25, 0.3) is 11.0 Å². The summed E-state index contributed by atoms with van der Waals surface area (Å²) >= 11 is 0. The average molecular weight is 429 g/mol. The summed E-state index contributed by atoms with van der Waals surface area (Å²) in [7, 11) is -3.68. The molecular formula is C22H24N2O5S. The first-order valence-electron chi connectivity index (χ1n) is 9.82. The highest BCUT2D eigenvalue weighted by Crippen LogP contribution is 2.35. The molecule has 0 spiro atoms. The van der Waals surface area contributed by atoms with Crippen LogP contribution in [0.15, 0.2) is 50.5 Å². The van der Waals surface area contributed by atoms with E-state index < -0.39 is 10.0 Å². The second-order valence-corrected chi connectivity index (χ2v) is 9.14. The SMILES string of the molecule is CCc1cc(=O)oc2c(C)c3c(cc12)CN(CCc1ccc(S(N)(=O)=O)cc1)CO3. The second kappa shape index (κ2) is 7.86. The van der Waals surface area contributed by atoms with E-state index in [4.69, 9.17) is 14.3 Å². The number of nitrogens with two attached hydrogens (primary N) is 1.